The van der Waals surface area contributed by atoms with Crippen LogP contribution in [0.5, 0.6) is 0 Å². The molecule has 0 saturated heterocycles. The Morgan fingerprint density at radius 1 is 0.875 bits per heavy atom. The van der Waals surface area contributed by atoms with Gasteiger partial charge < -0.3 is 0 Å². The van der Waals surface area contributed by atoms with Gasteiger partial charge in [0.1, 0.15) is 0 Å². The first-order valence-electron chi connectivity index (χ1n) is 4.15. The summed E-state index contributed by atoms with van der Waals surface area (Å²) in [6.07, 6.45) is 2.04. The lowest BCUT2D eigenvalue weighted by Crippen LogP contribution is -2.53. The van der Waals surface area contributed by atoms with E-state index in [1.807, 2.05) is 0 Å². The summed E-state index contributed by atoms with van der Waals surface area (Å²) in [5, 5.41) is 0.609. The molecule has 10 heteroatoms. The van der Waals surface area contributed by atoms with E-state index in [1.165, 1.54) is 0 Å². The largest absolute Gasteiger partial charge is 0.213 e. The number of nitrogens with one attached hydrogen (secondary N) is 2. The van der Waals surface area contributed by atoms with Crippen LogP contribution in [-0.4, -0.2) is 52.1 Å². The molecule has 0 fully saturated rings. The van der Waals surface area contributed by atoms with E-state index in [1.54, 1.807) is 0 Å². The van der Waals surface area contributed by atoms with Gasteiger partial charge in [-0.3, -0.25) is 0 Å². The van der Waals surface area contributed by atoms with Crippen molar-refractivity contribution in [2.45, 2.75) is 12.1 Å². The van der Waals surface area contributed by atoms with E-state index in [0.717, 1.165) is 12.5 Å². The normalized spacial score (nSPS) is 17.0. The van der Waals surface area contributed by atoms with Crippen LogP contribution in [0.4, 0.5) is 0 Å². The number of halogens is 2. The van der Waals surface area contributed by atoms with Gasteiger partial charge >= 0.3 is 0 Å². The van der Waals surface area contributed by atoms with E-state index in [0.29, 0.717) is 10.7 Å². The number of hydrogen-bond donors (Lipinski definition) is 2. The van der Waals surface area contributed by atoms with E-state index >= 15 is 0 Å². The fraction of sp³-hybridized carbons (Fsp3) is 1.00. The molecule has 0 spiro atoms. The second-order valence-corrected chi connectivity index (χ2v) is 8.16. The summed E-state index contributed by atoms with van der Waals surface area (Å²) in [6.45, 7) is 0. The molecule has 0 aliphatic carbocycles. The Kier molecular flexibility index (Phi) is 6.97. The maximum absolute atomic E-state index is 11.1. The first-order chi connectivity index (χ1) is 7.09. The molecule has 0 radical (unpaired) electrons. The van der Waals surface area contributed by atoms with Gasteiger partial charge in [-0.15, -0.1) is 0 Å². The summed E-state index contributed by atoms with van der Waals surface area (Å²) in [4.78, 5) is 0. The molecule has 16 heavy (non-hydrogen) atoms. The van der Waals surface area contributed by atoms with E-state index < -0.39 is 32.1 Å². The van der Waals surface area contributed by atoms with Crippen LogP contribution >= 0.6 is 31.9 Å². The van der Waals surface area contributed by atoms with Crippen molar-refractivity contribution in [2.75, 3.05) is 23.2 Å². The van der Waals surface area contributed by atoms with Gasteiger partial charge in [0.25, 0.3) is 0 Å². The minimum atomic E-state index is -3.38. The Hall–Kier alpha value is 0.780. The number of hydrogen-bond acceptors (Lipinski definition) is 4. The predicted molar refractivity (Wildman–Crippen MR) is 71.1 cm³/mol. The molecule has 2 N–H and O–H groups in total. The molecule has 98 valence electrons. The van der Waals surface area contributed by atoms with Crippen molar-refractivity contribution < 1.29 is 16.8 Å². The Morgan fingerprint density at radius 3 is 1.25 bits per heavy atom. The summed E-state index contributed by atoms with van der Waals surface area (Å²) in [5.41, 5.74) is 0. The van der Waals surface area contributed by atoms with Crippen LogP contribution < -0.4 is 9.44 Å². The molecule has 0 aliphatic heterocycles. The zero-order valence-electron chi connectivity index (χ0n) is 8.77. The van der Waals surface area contributed by atoms with Gasteiger partial charge in [-0.2, -0.15) is 0 Å². The zero-order valence-corrected chi connectivity index (χ0v) is 13.6. The predicted octanol–water partition coefficient (Wildman–Crippen LogP) is -0.388. The van der Waals surface area contributed by atoms with E-state index in [9.17, 15) is 16.8 Å². The SMILES string of the molecule is CS(=O)(=O)N[C@@H](CBr)[C@H](CBr)NS(C)(=O)=O. The van der Waals surface area contributed by atoms with Gasteiger partial charge in [0.2, 0.25) is 20.0 Å². The summed E-state index contributed by atoms with van der Waals surface area (Å²) >= 11 is 6.27. The number of rotatable bonds is 7. The average molecular weight is 402 g/mol. The van der Waals surface area contributed by atoms with Gasteiger partial charge in [0.05, 0.1) is 12.5 Å². The first kappa shape index (κ1) is 16.8. The smallest absolute Gasteiger partial charge is 0.209 e. The molecule has 0 aromatic heterocycles. The van der Waals surface area contributed by atoms with Crippen LogP contribution in [0.3, 0.4) is 0 Å². The van der Waals surface area contributed by atoms with Gasteiger partial charge in [0, 0.05) is 22.7 Å². The lowest BCUT2D eigenvalue weighted by atomic mass is 10.2. The molecule has 0 unspecified atom stereocenters. The van der Waals surface area contributed by atoms with Crippen molar-refractivity contribution in [3.63, 3.8) is 0 Å². The summed E-state index contributed by atoms with van der Waals surface area (Å²) in [5.74, 6) is 0. The summed E-state index contributed by atoms with van der Waals surface area (Å²) < 4.78 is 48.9. The molecule has 0 amide bonds. The highest BCUT2D eigenvalue weighted by molar-refractivity contribution is 9.09. The second-order valence-electron chi connectivity index (χ2n) is 3.30. The average Bonchev–Trinajstić information content (AvgIpc) is 2.07. The Labute approximate surface area is 113 Å². The fourth-order valence-electron chi connectivity index (χ4n) is 0.992. The molecular weight excluding hydrogens is 388 g/mol. The fourth-order valence-corrected chi connectivity index (χ4v) is 4.24. The van der Waals surface area contributed by atoms with Crippen LogP contribution in [0.1, 0.15) is 0 Å². The standard InChI is InChI=1S/C6H14Br2N2O4S2/c1-15(11,12)9-5(3-7)6(4-8)10-16(2,13)14/h5-6,9-10H,3-4H2,1-2H3/t5-,6-/m0/s1. The molecular formula is C6H14Br2N2O4S2. The van der Waals surface area contributed by atoms with E-state index in [-0.39, 0.29) is 0 Å². The highest BCUT2D eigenvalue weighted by atomic mass is 79.9. The topological polar surface area (TPSA) is 92.3 Å². The minimum Gasteiger partial charge on any atom is -0.213 e. The van der Waals surface area contributed by atoms with Crippen LogP contribution in [-0.2, 0) is 20.0 Å². The molecule has 0 rings (SSSR count). The van der Waals surface area contributed by atoms with Crippen molar-refractivity contribution in [3.8, 4) is 0 Å². The number of sulfonamides is 2. The van der Waals surface area contributed by atoms with Crippen LogP contribution in [0, 0.1) is 0 Å². The van der Waals surface area contributed by atoms with Gasteiger partial charge in [-0.25, -0.2) is 26.3 Å². The molecule has 0 bridgehead atoms. The van der Waals surface area contributed by atoms with Gasteiger partial charge in [-0.1, -0.05) is 31.9 Å². The molecule has 0 aromatic carbocycles. The van der Waals surface area contributed by atoms with E-state index in [2.05, 4.69) is 41.3 Å². The third-order valence-electron chi connectivity index (χ3n) is 1.55. The van der Waals surface area contributed by atoms with Crippen LogP contribution in [0.25, 0.3) is 0 Å². The van der Waals surface area contributed by atoms with Crippen molar-refractivity contribution in [1.82, 2.24) is 9.44 Å². The second kappa shape index (κ2) is 6.64. The molecule has 0 heterocycles. The third kappa shape index (κ3) is 7.96. The highest BCUT2D eigenvalue weighted by Gasteiger charge is 2.25. The Balaban J connectivity index is 4.77. The summed E-state index contributed by atoms with van der Waals surface area (Å²) in [7, 11) is -6.76. The number of alkyl halides is 2. The first-order valence-corrected chi connectivity index (χ1v) is 10.2. The highest BCUT2D eigenvalue weighted by Crippen LogP contribution is 2.05. The van der Waals surface area contributed by atoms with Gasteiger partial charge in [-0.05, 0) is 0 Å². The lowest BCUT2D eigenvalue weighted by Gasteiger charge is -2.24. The maximum Gasteiger partial charge on any atom is 0.209 e. The van der Waals surface area contributed by atoms with Crippen molar-refractivity contribution in [1.29, 1.82) is 0 Å². The van der Waals surface area contributed by atoms with E-state index in [4.69, 9.17) is 0 Å². The Bertz CT molecular complexity index is 368. The molecule has 0 saturated carbocycles. The summed E-state index contributed by atoms with van der Waals surface area (Å²) in [6, 6.07) is -1.10. The molecule has 2 atom stereocenters. The van der Waals surface area contributed by atoms with Crippen molar-refractivity contribution in [3.05, 3.63) is 0 Å². The van der Waals surface area contributed by atoms with Crippen molar-refractivity contribution >= 4 is 51.9 Å². The quantitative estimate of drug-likeness (QED) is 0.568. The lowest BCUT2D eigenvalue weighted by molar-refractivity contribution is 0.502. The minimum absolute atomic E-state index is 0.304. The monoisotopic (exact) mass is 400 g/mol. The van der Waals surface area contributed by atoms with Crippen molar-refractivity contribution in [2.24, 2.45) is 0 Å². The maximum atomic E-state index is 11.1. The van der Waals surface area contributed by atoms with Crippen LogP contribution in [0.2, 0.25) is 0 Å². The van der Waals surface area contributed by atoms with Gasteiger partial charge in [0.15, 0.2) is 0 Å². The third-order valence-corrected chi connectivity index (χ3v) is 4.41. The Morgan fingerprint density at radius 2 is 1.12 bits per heavy atom. The zero-order chi connectivity index (χ0) is 13.0. The molecule has 0 aromatic rings. The van der Waals surface area contributed by atoms with Crippen LogP contribution in [0.15, 0.2) is 0 Å². The molecule has 6 nitrogen and oxygen atoms in total. The molecule has 0 aliphatic rings.